The van der Waals surface area contributed by atoms with Gasteiger partial charge >= 0.3 is 0 Å². The van der Waals surface area contributed by atoms with E-state index in [1.54, 1.807) is 12.1 Å². The second-order valence-corrected chi connectivity index (χ2v) is 7.83. The number of rotatable bonds is 4. The Kier molecular flexibility index (Phi) is 5.76. The number of carbonyl (C=O) groups is 1. The third-order valence-electron chi connectivity index (χ3n) is 4.19. The van der Waals surface area contributed by atoms with Gasteiger partial charge in [-0.15, -0.1) is 11.3 Å². The molecule has 128 valence electrons. The summed E-state index contributed by atoms with van der Waals surface area (Å²) in [6.45, 7) is 0. The molecule has 7 heteroatoms. The van der Waals surface area contributed by atoms with E-state index < -0.39 is 0 Å². The number of nitrogens with two attached hydrogens (primary N) is 1. The van der Waals surface area contributed by atoms with E-state index in [9.17, 15) is 4.79 Å². The first kappa shape index (κ1) is 17.7. The summed E-state index contributed by atoms with van der Waals surface area (Å²) in [4.78, 5) is 16.7. The molecule has 1 fully saturated rings. The van der Waals surface area contributed by atoms with Crippen molar-refractivity contribution in [1.29, 1.82) is 0 Å². The fraction of sp³-hybridized carbons (Fsp3) is 0.412. The minimum atomic E-state index is 0.00882. The number of halogens is 2. The molecule has 1 aromatic carbocycles. The van der Waals surface area contributed by atoms with Gasteiger partial charge in [-0.05, 0) is 43.9 Å². The minimum absolute atomic E-state index is 0.00882. The summed E-state index contributed by atoms with van der Waals surface area (Å²) in [5, 5.41) is 6.93. The van der Waals surface area contributed by atoms with Crippen molar-refractivity contribution in [1.82, 2.24) is 10.3 Å². The van der Waals surface area contributed by atoms with Gasteiger partial charge in [0, 0.05) is 28.0 Å². The first-order valence-electron chi connectivity index (χ1n) is 7.96. The molecule has 0 radical (unpaired) electrons. The Morgan fingerprint density at radius 2 is 2.04 bits per heavy atom. The number of thiazole rings is 1. The van der Waals surface area contributed by atoms with Crippen LogP contribution in [0.5, 0.6) is 0 Å². The zero-order chi connectivity index (χ0) is 17.1. The lowest BCUT2D eigenvalue weighted by molar-refractivity contribution is -0.121. The molecule has 1 aromatic heterocycles. The number of aromatic nitrogens is 1. The van der Waals surface area contributed by atoms with Gasteiger partial charge in [0.1, 0.15) is 5.01 Å². The maximum absolute atomic E-state index is 12.2. The highest BCUT2D eigenvalue weighted by atomic mass is 35.5. The molecule has 0 aliphatic heterocycles. The zero-order valence-corrected chi connectivity index (χ0v) is 15.4. The van der Waals surface area contributed by atoms with Crippen LogP contribution in [0.25, 0.3) is 10.6 Å². The van der Waals surface area contributed by atoms with Gasteiger partial charge < -0.3 is 11.1 Å². The molecule has 3 N–H and O–H groups in total. The van der Waals surface area contributed by atoms with Crippen LogP contribution in [0.2, 0.25) is 10.0 Å². The highest BCUT2D eigenvalue weighted by Crippen LogP contribution is 2.32. The van der Waals surface area contributed by atoms with Gasteiger partial charge in [-0.1, -0.05) is 23.2 Å². The van der Waals surface area contributed by atoms with Crippen LogP contribution in [0.15, 0.2) is 23.6 Å². The van der Waals surface area contributed by atoms with Crippen molar-refractivity contribution in [3.63, 3.8) is 0 Å². The normalized spacial score (nSPS) is 20.8. The molecule has 1 amide bonds. The summed E-state index contributed by atoms with van der Waals surface area (Å²) < 4.78 is 0. The summed E-state index contributed by atoms with van der Waals surface area (Å²) in [6, 6.07) is 5.84. The first-order chi connectivity index (χ1) is 11.5. The van der Waals surface area contributed by atoms with E-state index in [-0.39, 0.29) is 24.4 Å². The number of carbonyl (C=O) groups excluding carboxylic acids is 1. The molecule has 1 saturated carbocycles. The van der Waals surface area contributed by atoms with Gasteiger partial charge in [-0.3, -0.25) is 4.79 Å². The molecule has 0 unspecified atom stereocenters. The SMILES string of the molecule is NC1CCC(NC(=O)Cc2csc(-c3ccc(Cl)cc3Cl)n2)CC1. The average Bonchev–Trinajstić information content (AvgIpc) is 2.97. The topological polar surface area (TPSA) is 68.0 Å². The predicted molar refractivity (Wildman–Crippen MR) is 99.6 cm³/mol. The Labute approximate surface area is 155 Å². The van der Waals surface area contributed by atoms with Gasteiger partial charge in [0.25, 0.3) is 0 Å². The van der Waals surface area contributed by atoms with E-state index in [0.29, 0.717) is 10.0 Å². The highest BCUT2D eigenvalue weighted by Gasteiger charge is 2.20. The number of nitrogens with one attached hydrogen (secondary N) is 1. The molecular weight excluding hydrogens is 365 g/mol. The lowest BCUT2D eigenvalue weighted by atomic mass is 9.92. The van der Waals surface area contributed by atoms with Crippen LogP contribution in [0, 0.1) is 0 Å². The van der Waals surface area contributed by atoms with E-state index in [0.717, 1.165) is 41.9 Å². The molecule has 24 heavy (non-hydrogen) atoms. The van der Waals surface area contributed by atoms with Crippen molar-refractivity contribution in [2.24, 2.45) is 5.73 Å². The van der Waals surface area contributed by atoms with E-state index in [1.165, 1.54) is 11.3 Å². The highest BCUT2D eigenvalue weighted by molar-refractivity contribution is 7.13. The zero-order valence-electron chi connectivity index (χ0n) is 13.1. The Bertz CT molecular complexity index is 726. The monoisotopic (exact) mass is 383 g/mol. The van der Waals surface area contributed by atoms with Crippen LogP contribution >= 0.6 is 34.5 Å². The Hall–Kier alpha value is -1.14. The summed E-state index contributed by atoms with van der Waals surface area (Å²) in [7, 11) is 0. The lowest BCUT2D eigenvalue weighted by Gasteiger charge is -2.26. The number of amides is 1. The standard InChI is InChI=1S/C17H19Cl2N3OS/c18-10-1-6-14(15(19)7-10)17-22-13(9-24-17)8-16(23)21-12-4-2-11(20)3-5-12/h1,6-7,9,11-12H,2-5,8,20H2,(H,21,23). The Balaban J connectivity index is 1.60. The van der Waals surface area contributed by atoms with Gasteiger partial charge in [-0.25, -0.2) is 4.98 Å². The second kappa shape index (κ2) is 7.83. The molecule has 0 spiro atoms. The predicted octanol–water partition coefficient (Wildman–Crippen LogP) is 4.05. The number of hydrogen-bond acceptors (Lipinski definition) is 4. The molecule has 1 aliphatic carbocycles. The summed E-state index contributed by atoms with van der Waals surface area (Å²) >= 11 is 13.6. The van der Waals surface area contributed by atoms with Crippen molar-refractivity contribution < 1.29 is 4.79 Å². The largest absolute Gasteiger partial charge is 0.353 e. The second-order valence-electron chi connectivity index (χ2n) is 6.12. The fourth-order valence-electron chi connectivity index (χ4n) is 2.88. The van der Waals surface area contributed by atoms with Gasteiger partial charge in [-0.2, -0.15) is 0 Å². The van der Waals surface area contributed by atoms with E-state index in [2.05, 4.69) is 10.3 Å². The molecule has 3 rings (SSSR count). The van der Waals surface area contributed by atoms with Crippen molar-refractivity contribution in [2.75, 3.05) is 0 Å². The molecule has 0 bridgehead atoms. The molecule has 4 nitrogen and oxygen atoms in total. The number of nitrogens with zero attached hydrogens (tertiary/aromatic N) is 1. The molecule has 0 atom stereocenters. The van der Waals surface area contributed by atoms with Gasteiger partial charge in [0.2, 0.25) is 5.91 Å². The first-order valence-corrected chi connectivity index (χ1v) is 9.59. The van der Waals surface area contributed by atoms with E-state index in [4.69, 9.17) is 28.9 Å². The summed E-state index contributed by atoms with van der Waals surface area (Å²) in [5.41, 5.74) is 7.48. The summed E-state index contributed by atoms with van der Waals surface area (Å²) in [6.07, 6.45) is 4.14. The van der Waals surface area contributed by atoms with Crippen LogP contribution in [-0.4, -0.2) is 23.0 Å². The van der Waals surface area contributed by atoms with Crippen molar-refractivity contribution >= 4 is 40.4 Å². The molecular formula is C17H19Cl2N3OS. The van der Waals surface area contributed by atoms with Crippen LogP contribution in [0.4, 0.5) is 0 Å². The Morgan fingerprint density at radius 3 is 2.75 bits per heavy atom. The van der Waals surface area contributed by atoms with Crippen LogP contribution in [0.1, 0.15) is 31.4 Å². The summed E-state index contributed by atoms with van der Waals surface area (Å²) in [5.74, 6) is 0.00882. The maximum atomic E-state index is 12.2. The quantitative estimate of drug-likeness (QED) is 0.836. The lowest BCUT2D eigenvalue weighted by Crippen LogP contribution is -2.41. The van der Waals surface area contributed by atoms with Crippen molar-refractivity contribution in [3.8, 4) is 10.6 Å². The Morgan fingerprint density at radius 1 is 1.29 bits per heavy atom. The molecule has 2 aromatic rings. The number of hydrogen-bond donors (Lipinski definition) is 2. The molecule has 1 heterocycles. The van der Waals surface area contributed by atoms with Gasteiger partial charge in [0.15, 0.2) is 0 Å². The fourth-order valence-corrected chi connectivity index (χ4v) is 4.29. The molecule has 0 saturated heterocycles. The number of benzene rings is 1. The van der Waals surface area contributed by atoms with E-state index >= 15 is 0 Å². The maximum Gasteiger partial charge on any atom is 0.226 e. The van der Waals surface area contributed by atoms with Crippen LogP contribution in [-0.2, 0) is 11.2 Å². The third kappa shape index (κ3) is 4.48. The van der Waals surface area contributed by atoms with Crippen LogP contribution in [0.3, 0.4) is 0 Å². The van der Waals surface area contributed by atoms with E-state index in [1.807, 2.05) is 11.4 Å². The third-order valence-corrected chi connectivity index (χ3v) is 5.66. The smallest absolute Gasteiger partial charge is 0.226 e. The van der Waals surface area contributed by atoms with Crippen molar-refractivity contribution in [3.05, 3.63) is 39.3 Å². The van der Waals surface area contributed by atoms with Crippen molar-refractivity contribution in [2.45, 2.75) is 44.2 Å². The van der Waals surface area contributed by atoms with Gasteiger partial charge in [0.05, 0.1) is 17.1 Å². The van der Waals surface area contributed by atoms with Crippen LogP contribution < -0.4 is 11.1 Å². The average molecular weight is 384 g/mol. The minimum Gasteiger partial charge on any atom is -0.353 e. The molecule has 1 aliphatic rings.